The van der Waals surface area contributed by atoms with Crippen molar-refractivity contribution in [3.63, 3.8) is 0 Å². The van der Waals surface area contributed by atoms with Crippen LogP contribution in [-0.2, 0) is 6.54 Å². The van der Waals surface area contributed by atoms with Crippen LogP contribution < -0.4 is 5.32 Å². The van der Waals surface area contributed by atoms with Crippen LogP contribution in [0.4, 0.5) is 13.2 Å². The van der Waals surface area contributed by atoms with Crippen molar-refractivity contribution >= 4 is 0 Å². The maximum absolute atomic E-state index is 11.9. The van der Waals surface area contributed by atoms with Crippen molar-refractivity contribution in [3.05, 3.63) is 30.1 Å². The summed E-state index contributed by atoms with van der Waals surface area (Å²) in [6.45, 7) is 3.51. The fourth-order valence-corrected chi connectivity index (χ4v) is 1.56. The average molecular weight is 261 g/mol. The van der Waals surface area contributed by atoms with E-state index in [-0.39, 0.29) is 0 Å². The van der Waals surface area contributed by atoms with Crippen molar-refractivity contribution < 1.29 is 13.2 Å². The molecule has 1 rings (SSSR count). The van der Waals surface area contributed by atoms with Gasteiger partial charge in [0.15, 0.2) is 0 Å². The van der Waals surface area contributed by atoms with Gasteiger partial charge in [-0.1, -0.05) is 6.92 Å². The standard InChI is InChI=1S/C12H18F3N3/c1-2-18(8-7-17-10-12(13,14)15)9-11-3-5-16-6-4-11/h3-6,17H,2,7-10H2,1H3. The first kappa shape index (κ1) is 14.9. The fraction of sp³-hybridized carbons (Fsp3) is 0.583. The van der Waals surface area contributed by atoms with Gasteiger partial charge in [0.05, 0.1) is 6.54 Å². The van der Waals surface area contributed by atoms with E-state index < -0.39 is 12.7 Å². The molecule has 6 heteroatoms. The SMILES string of the molecule is CCN(CCNCC(F)(F)F)Cc1ccncc1. The van der Waals surface area contributed by atoms with Crippen molar-refractivity contribution in [3.8, 4) is 0 Å². The zero-order valence-electron chi connectivity index (χ0n) is 10.4. The molecule has 0 unspecified atom stereocenters. The summed E-state index contributed by atoms with van der Waals surface area (Å²) in [5.74, 6) is 0. The van der Waals surface area contributed by atoms with Crippen LogP contribution in [0.5, 0.6) is 0 Å². The summed E-state index contributed by atoms with van der Waals surface area (Å²) in [7, 11) is 0. The van der Waals surface area contributed by atoms with Crippen LogP contribution in [0.1, 0.15) is 12.5 Å². The molecule has 0 saturated carbocycles. The molecule has 0 saturated heterocycles. The van der Waals surface area contributed by atoms with Gasteiger partial charge in [-0.05, 0) is 24.2 Å². The Balaban J connectivity index is 2.26. The minimum absolute atomic E-state index is 0.332. The van der Waals surface area contributed by atoms with E-state index in [0.29, 0.717) is 13.1 Å². The first-order valence-corrected chi connectivity index (χ1v) is 5.90. The van der Waals surface area contributed by atoms with Gasteiger partial charge in [-0.3, -0.25) is 9.88 Å². The molecule has 0 fully saturated rings. The summed E-state index contributed by atoms with van der Waals surface area (Å²) in [4.78, 5) is 6.01. The largest absolute Gasteiger partial charge is 0.401 e. The van der Waals surface area contributed by atoms with E-state index in [9.17, 15) is 13.2 Å². The van der Waals surface area contributed by atoms with E-state index >= 15 is 0 Å². The monoisotopic (exact) mass is 261 g/mol. The number of hydrogen-bond donors (Lipinski definition) is 1. The molecule has 102 valence electrons. The lowest BCUT2D eigenvalue weighted by molar-refractivity contribution is -0.124. The van der Waals surface area contributed by atoms with Gasteiger partial charge >= 0.3 is 6.18 Å². The number of rotatable bonds is 7. The Bertz CT molecular complexity index is 327. The molecule has 0 aliphatic heterocycles. The molecule has 0 aliphatic rings. The van der Waals surface area contributed by atoms with Crippen LogP contribution in [0, 0.1) is 0 Å². The van der Waals surface area contributed by atoms with Gasteiger partial charge < -0.3 is 5.32 Å². The fourth-order valence-electron chi connectivity index (χ4n) is 1.56. The molecule has 1 N–H and O–H groups in total. The van der Waals surface area contributed by atoms with Crippen LogP contribution >= 0.6 is 0 Å². The van der Waals surface area contributed by atoms with Gasteiger partial charge in [-0.15, -0.1) is 0 Å². The number of pyridine rings is 1. The molecule has 0 bridgehead atoms. The number of hydrogen-bond acceptors (Lipinski definition) is 3. The quantitative estimate of drug-likeness (QED) is 0.761. The maximum atomic E-state index is 11.9. The predicted octanol–water partition coefficient (Wildman–Crippen LogP) is 2.06. The third-order valence-corrected chi connectivity index (χ3v) is 2.53. The zero-order chi connectivity index (χ0) is 13.4. The van der Waals surface area contributed by atoms with Crippen molar-refractivity contribution in [2.24, 2.45) is 0 Å². The first-order valence-electron chi connectivity index (χ1n) is 5.90. The molecular weight excluding hydrogens is 243 g/mol. The lowest BCUT2D eigenvalue weighted by Crippen LogP contribution is -2.36. The minimum atomic E-state index is -4.14. The summed E-state index contributed by atoms with van der Waals surface area (Å²) in [5, 5.41) is 2.40. The molecule has 3 nitrogen and oxygen atoms in total. The van der Waals surface area contributed by atoms with E-state index in [2.05, 4.69) is 15.2 Å². The Morgan fingerprint density at radius 1 is 1.28 bits per heavy atom. The maximum Gasteiger partial charge on any atom is 0.401 e. The van der Waals surface area contributed by atoms with Crippen LogP contribution in [-0.4, -0.2) is 42.2 Å². The van der Waals surface area contributed by atoms with E-state index in [1.807, 2.05) is 19.1 Å². The second-order valence-corrected chi connectivity index (χ2v) is 4.02. The first-order chi connectivity index (χ1) is 8.51. The van der Waals surface area contributed by atoms with Gasteiger partial charge in [-0.2, -0.15) is 13.2 Å². The van der Waals surface area contributed by atoms with E-state index in [1.165, 1.54) is 0 Å². The molecule has 1 aromatic rings. The van der Waals surface area contributed by atoms with Gasteiger partial charge in [0.2, 0.25) is 0 Å². The highest BCUT2D eigenvalue weighted by atomic mass is 19.4. The van der Waals surface area contributed by atoms with Gasteiger partial charge in [0.25, 0.3) is 0 Å². The lowest BCUT2D eigenvalue weighted by atomic mass is 10.2. The van der Waals surface area contributed by atoms with Crippen LogP contribution in [0.2, 0.25) is 0 Å². The number of nitrogens with zero attached hydrogens (tertiary/aromatic N) is 2. The topological polar surface area (TPSA) is 28.2 Å². The molecule has 0 aliphatic carbocycles. The summed E-state index contributed by atoms with van der Waals surface area (Å²) in [6, 6.07) is 3.82. The highest BCUT2D eigenvalue weighted by Crippen LogP contribution is 2.11. The van der Waals surface area contributed by atoms with Crippen LogP contribution in [0.3, 0.4) is 0 Å². The van der Waals surface area contributed by atoms with E-state index in [4.69, 9.17) is 0 Å². The zero-order valence-corrected chi connectivity index (χ0v) is 10.4. The van der Waals surface area contributed by atoms with E-state index in [0.717, 1.165) is 18.7 Å². The molecule has 0 amide bonds. The minimum Gasteiger partial charge on any atom is -0.307 e. The highest BCUT2D eigenvalue weighted by Gasteiger charge is 2.25. The predicted molar refractivity (Wildman–Crippen MR) is 64.1 cm³/mol. The van der Waals surface area contributed by atoms with Crippen LogP contribution in [0.25, 0.3) is 0 Å². The summed E-state index contributed by atoms with van der Waals surface area (Å²) >= 11 is 0. The van der Waals surface area contributed by atoms with Gasteiger partial charge in [0, 0.05) is 32.0 Å². The number of nitrogens with one attached hydrogen (secondary N) is 1. The third-order valence-electron chi connectivity index (χ3n) is 2.53. The number of aromatic nitrogens is 1. The molecule has 1 aromatic heterocycles. The van der Waals surface area contributed by atoms with Crippen molar-refractivity contribution in [2.45, 2.75) is 19.6 Å². The molecule has 1 heterocycles. The summed E-state index contributed by atoms with van der Waals surface area (Å²) in [5.41, 5.74) is 1.11. The number of likely N-dealkylation sites (N-methyl/N-ethyl adjacent to an activating group) is 1. The third kappa shape index (κ3) is 6.56. The number of halogens is 3. The van der Waals surface area contributed by atoms with Crippen LogP contribution in [0.15, 0.2) is 24.5 Å². The van der Waals surface area contributed by atoms with Crippen molar-refractivity contribution in [1.29, 1.82) is 0 Å². The van der Waals surface area contributed by atoms with Gasteiger partial charge in [-0.25, -0.2) is 0 Å². The van der Waals surface area contributed by atoms with Crippen molar-refractivity contribution in [1.82, 2.24) is 15.2 Å². The molecule has 0 spiro atoms. The second kappa shape index (κ2) is 7.33. The number of alkyl halides is 3. The second-order valence-electron chi connectivity index (χ2n) is 4.02. The Morgan fingerprint density at radius 2 is 1.94 bits per heavy atom. The van der Waals surface area contributed by atoms with Gasteiger partial charge in [0.1, 0.15) is 0 Å². The normalized spacial score (nSPS) is 12.1. The molecule has 0 aromatic carbocycles. The van der Waals surface area contributed by atoms with E-state index in [1.54, 1.807) is 12.4 Å². The summed E-state index contributed by atoms with van der Waals surface area (Å²) < 4.78 is 35.8. The Morgan fingerprint density at radius 3 is 2.50 bits per heavy atom. The smallest absolute Gasteiger partial charge is 0.307 e. The summed E-state index contributed by atoms with van der Waals surface area (Å²) in [6.07, 6.45) is -0.710. The Labute approximate surface area is 105 Å². The highest BCUT2D eigenvalue weighted by molar-refractivity contribution is 5.09. The Kier molecular flexibility index (Phi) is 6.07. The average Bonchev–Trinajstić information content (AvgIpc) is 2.33. The molecular formula is C12H18F3N3. The lowest BCUT2D eigenvalue weighted by Gasteiger charge is -2.20. The molecule has 18 heavy (non-hydrogen) atoms. The molecule has 0 radical (unpaired) electrons. The van der Waals surface area contributed by atoms with Crippen molar-refractivity contribution in [2.75, 3.05) is 26.2 Å². The Hall–Kier alpha value is -1.14. The molecule has 0 atom stereocenters.